The topological polar surface area (TPSA) is 49.8 Å². The van der Waals surface area contributed by atoms with Gasteiger partial charge in [0.1, 0.15) is 0 Å². The lowest BCUT2D eigenvalue weighted by Crippen LogP contribution is -2.25. The summed E-state index contributed by atoms with van der Waals surface area (Å²) in [5.74, 6) is 2.48. The summed E-state index contributed by atoms with van der Waals surface area (Å²) >= 11 is 0. The Hall–Kier alpha value is -1.21. The van der Waals surface area contributed by atoms with Crippen LogP contribution in [-0.2, 0) is 4.74 Å². The first-order chi connectivity index (χ1) is 6.68. The molecular weight excluding hydrogens is 182 g/mol. The lowest BCUT2D eigenvalue weighted by atomic mass is 10.3. The van der Waals surface area contributed by atoms with E-state index in [9.17, 15) is 4.79 Å². The molecule has 0 radical (unpaired) electrons. The van der Waals surface area contributed by atoms with Gasteiger partial charge in [0.2, 0.25) is 0 Å². The number of carboxylic acid groups (broad SMARTS) is 1. The minimum atomic E-state index is -0.891. The van der Waals surface area contributed by atoms with Crippen molar-refractivity contribution in [2.45, 2.75) is 19.3 Å². The third kappa shape index (κ3) is 7.44. The fraction of sp³-hybridized carbons (Fsp3) is 0.700. The molecule has 80 valence electrons. The van der Waals surface area contributed by atoms with Crippen LogP contribution in [0.15, 0.2) is 0 Å². The summed E-state index contributed by atoms with van der Waals surface area (Å²) in [6.07, 6.45) is 6.47. The van der Waals surface area contributed by atoms with Crippen LogP contribution in [-0.4, -0.2) is 42.9 Å². The van der Waals surface area contributed by atoms with Gasteiger partial charge in [0.25, 0.3) is 0 Å². The third-order valence-corrected chi connectivity index (χ3v) is 1.75. The quantitative estimate of drug-likeness (QED) is 0.498. The van der Waals surface area contributed by atoms with Gasteiger partial charge in [0.15, 0.2) is 0 Å². The van der Waals surface area contributed by atoms with Crippen LogP contribution < -0.4 is 0 Å². The molecule has 1 amide bonds. The molecule has 0 rings (SSSR count). The van der Waals surface area contributed by atoms with E-state index < -0.39 is 6.09 Å². The number of rotatable bonds is 7. The lowest BCUT2D eigenvalue weighted by Gasteiger charge is -2.11. The predicted octanol–water partition coefficient (Wildman–Crippen LogP) is 1.42. The van der Waals surface area contributed by atoms with Gasteiger partial charge in [-0.15, -0.1) is 12.3 Å². The summed E-state index contributed by atoms with van der Waals surface area (Å²) in [7, 11) is 1.56. The fourth-order valence-corrected chi connectivity index (χ4v) is 0.882. The highest BCUT2D eigenvalue weighted by Gasteiger charge is 2.03. The van der Waals surface area contributed by atoms with E-state index in [1.165, 1.54) is 4.90 Å². The minimum Gasteiger partial charge on any atom is -0.465 e. The van der Waals surface area contributed by atoms with E-state index in [4.69, 9.17) is 16.3 Å². The summed E-state index contributed by atoms with van der Waals surface area (Å²) in [4.78, 5) is 11.6. The number of amides is 1. The number of terminal acetylenes is 1. The van der Waals surface area contributed by atoms with E-state index in [0.29, 0.717) is 26.2 Å². The molecule has 0 bridgehead atoms. The molecule has 0 fully saturated rings. The highest BCUT2D eigenvalue weighted by molar-refractivity contribution is 5.64. The summed E-state index contributed by atoms with van der Waals surface area (Å²) in [6.45, 7) is 1.79. The molecule has 0 aromatic rings. The van der Waals surface area contributed by atoms with Gasteiger partial charge in [-0.05, 0) is 12.8 Å². The molecule has 0 atom stereocenters. The maximum Gasteiger partial charge on any atom is 0.407 e. The normalized spacial score (nSPS) is 9.43. The fourth-order valence-electron chi connectivity index (χ4n) is 0.882. The first-order valence-corrected chi connectivity index (χ1v) is 4.63. The van der Waals surface area contributed by atoms with Crippen molar-refractivity contribution in [1.82, 2.24) is 4.90 Å². The summed E-state index contributed by atoms with van der Waals surface area (Å²) < 4.78 is 5.21. The van der Waals surface area contributed by atoms with Gasteiger partial charge in [0, 0.05) is 26.6 Å². The maximum absolute atomic E-state index is 10.4. The van der Waals surface area contributed by atoms with Crippen LogP contribution in [0.25, 0.3) is 0 Å². The molecule has 14 heavy (non-hydrogen) atoms. The molecule has 0 aliphatic carbocycles. The number of unbranched alkanes of at least 4 members (excludes halogenated alkanes) is 1. The molecule has 0 aliphatic rings. The summed E-state index contributed by atoms with van der Waals surface area (Å²) in [5, 5.41) is 8.53. The van der Waals surface area contributed by atoms with Crippen LogP contribution in [0.2, 0.25) is 0 Å². The number of nitrogens with zero attached hydrogens (tertiary/aromatic N) is 1. The Labute approximate surface area is 84.9 Å². The monoisotopic (exact) mass is 199 g/mol. The Kier molecular flexibility index (Phi) is 7.67. The SMILES string of the molecule is C#CCCOCCCCN(C)C(=O)O. The molecular formula is C10H17NO3. The van der Waals surface area contributed by atoms with Gasteiger partial charge in [-0.2, -0.15) is 0 Å². The van der Waals surface area contributed by atoms with E-state index in [0.717, 1.165) is 12.8 Å². The Morgan fingerprint density at radius 3 is 2.79 bits per heavy atom. The minimum absolute atomic E-state index is 0.549. The molecule has 4 heteroatoms. The van der Waals surface area contributed by atoms with Crippen LogP contribution in [0.3, 0.4) is 0 Å². The van der Waals surface area contributed by atoms with Gasteiger partial charge in [-0.1, -0.05) is 0 Å². The van der Waals surface area contributed by atoms with Crippen molar-refractivity contribution < 1.29 is 14.6 Å². The third-order valence-electron chi connectivity index (χ3n) is 1.75. The highest BCUT2D eigenvalue weighted by Crippen LogP contribution is 1.94. The molecule has 0 saturated carbocycles. The number of hydrogen-bond acceptors (Lipinski definition) is 2. The van der Waals surface area contributed by atoms with Crippen LogP contribution in [0, 0.1) is 12.3 Å². The van der Waals surface area contributed by atoms with E-state index in [2.05, 4.69) is 5.92 Å². The standard InChI is InChI=1S/C10H17NO3/c1-3-4-8-14-9-6-5-7-11(2)10(12)13/h1H,4-9H2,2H3,(H,12,13). The Bertz CT molecular complexity index is 198. The van der Waals surface area contributed by atoms with Crippen molar-refractivity contribution in [1.29, 1.82) is 0 Å². The second-order valence-corrected chi connectivity index (χ2v) is 2.98. The van der Waals surface area contributed by atoms with Crippen molar-refractivity contribution in [3.8, 4) is 12.3 Å². The van der Waals surface area contributed by atoms with Crippen LogP contribution in [0.1, 0.15) is 19.3 Å². The van der Waals surface area contributed by atoms with E-state index in [1.54, 1.807) is 7.05 Å². The lowest BCUT2D eigenvalue weighted by molar-refractivity contribution is 0.129. The molecule has 0 saturated heterocycles. The Morgan fingerprint density at radius 2 is 2.21 bits per heavy atom. The van der Waals surface area contributed by atoms with E-state index in [-0.39, 0.29) is 0 Å². The molecule has 0 aromatic carbocycles. The molecule has 0 aromatic heterocycles. The highest BCUT2D eigenvalue weighted by atomic mass is 16.5. The zero-order valence-electron chi connectivity index (χ0n) is 8.53. The molecule has 0 heterocycles. The van der Waals surface area contributed by atoms with Crippen molar-refractivity contribution in [2.75, 3.05) is 26.8 Å². The summed E-state index contributed by atoms with van der Waals surface area (Å²) in [6, 6.07) is 0. The van der Waals surface area contributed by atoms with Crippen LogP contribution >= 0.6 is 0 Å². The summed E-state index contributed by atoms with van der Waals surface area (Å²) in [5.41, 5.74) is 0. The maximum atomic E-state index is 10.4. The number of ether oxygens (including phenoxy) is 1. The zero-order valence-corrected chi connectivity index (χ0v) is 8.53. The first kappa shape index (κ1) is 12.8. The predicted molar refractivity (Wildman–Crippen MR) is 54.2 cm³/mol. The Morgan fingerprint density at radius 1 is 1.50 bits per heavy atom. The van der Waals surface area contributed by atoms with Gasteiger partial charge < -0.3 is 14.7 Å². The number of hydrogen-bond donors (Lipinski definition) is 1. The first-order valence-electron chi connectivity index (χ1n) is 4.63. The van der Waals surface area contributed by atoms with Crippen LogP contribution in [0.4, 0.5) is 4.79 Å². The van der Waals surface area contributed by atoms with E-state index >= 15 is 0 Å². The second-order valence-electron chi connectivity index (χ2n) is 2.98. The van der Waals surface area contributed by atoms with Gasteiger partial charge in [0.05, 0.1) is 6.61 Å². The molecule has 0 spiro atoms. The number of carbonyl (C=O) groups is 1. The average molecular weight is 199 g/mol. The van der Waals surface area contributed by atoms with Crippen LogP contribution in [0.5, 0.6) is 0 Å². The average Bonchev–Trinajstić information content (AvgIpc) is 2.16. The largest absolute Gasteiger partial charge is 0.465 e. The van der Waals surface area contributed by atoms with Crippen molar-refractivity contribution in [2.24, 2.45) is 0 Å². The zero-order chi connectivity index (χ0) is 10.8. The van der Waals surface area contributed by atoms with Gasteiger partial charge in [-0.3, -0.25) is 0 Å². The molecule has 1 N–H and O–H groups in total. The second kappa shape index (κ2) is 8.39. The van der Waals surface area contributed by atoms with Crippen molar-refractivity contribution in [3.63, 3.8) is 0 Å². The van der Waals surface area contributed by atoms with Crippen molar-refractivity contribution in [3.05, 3.63) is 0 Å². The smallest absolute Gasteiger partial charge is 0.407 e. The Balaban J connectivity index is 3.14. The van der Waals surface area contributed by atoms with E-state index in [1.807, 2.05) is 0 Å². The van der Waals surface area contributed by atoms with Gasteiger partial charge in [-0.25, -0.2) is 4.79 Å². The molecule has 4 nitrogen and oxygen atoms in total. The van der Waals surface area contributed by atoms with Gasteiger partial charge >= 0.3 is 6.09 Å². The van der Waals surface area contributed by atoms with Crippen molar-refractivity contribution >= 4 is 6.09 Å². The molecule has 0 unspecified atom stereocenters. The molecule has 0 aliphatic heterocycles.